The van der Waals surface area contributed by atoms with Crippen molar-refractivity contribution in [3.05, 3.63) is 0 Å². The number of rotatable bonds is 4. The van der Waals surface area contributed by atoms with E-state index >= 15 is 0 Å². The highest BCUT2D eigenvalue weighted by atomic mass is 16.2. The van der Waals surface area contributed by atoms with Gasteiger partial charge in [-0.3, -0.25) is 4.90 Å². The number of hydrogen-bond donors (Lipinski definition) is 2. The van der Waals surface area contributed by atoms with Crippen molar-refractivity contribution in [2.24, 2.45) is 0 Å². The van der Waals surface area contributed by atoms with Gasteiger partial charge < -0.3 is 10.6 Å². The number of urea groups is 1. The third-order valence-electron chi connectivity index (χ3n) is 4.09. The summed E-state index contributed by atoms with van der Waals surface area (Å²) >= 11 is 0. The highest BCUT2D eigenvalue weighted by Crippen LogP contribution is 2.18. The minimum absolute atomic E-state index is 0.0276. The molecule has 1 aliphatic heterocycles. The van der Waals surface area contributed by atoms with Crippen LogP contribution in [0.1, 0.15) is 45.4 Å². The standard InChI is InChI=1S/C13H25N3O/c1-2-16-9-5-8-12(16)10-14-13(17)15-11-6-3-4-7-11/h11-12H,2-10H2,1H3,(H2,14,15,17). The van der Waals surface area contributed by atoms with Crippen molar-refractivity contribution in [2.75, 3.05) is 19.6 Å². The smallest absolute Gasteiger partial charge is 0.315 e. The van der Waals surface area contributed by atoms with Crippen LogP contribution in [0.3, 0.4) is 0 Å². The second kappa shape index (κ2) is 6.24. The number of likely N-dealkylation sites (N-methyl/N-ethyl adjacent to an activating group) is 1. The molecule has 0 spiro atoms. The first-order valence-corrected chi connectivity index (χ1v) is 7.08. The van der Waals surface area contributed by atoms with Crippen LogP contribution in [0.4, 0.5) is 4.79 Å². The summed E-state index contributed by atoms with van der Waals surface area (Å²) in [5.41, 5.74) is 0. The summed E-state index contributed by atoms with van der Waals surface area (Å²) in [6, 6.07) is 0.995. The third kappa shape index (κ3) is 3.60. The summed E-state index contributed by atoms with van der Waals surface area (Å²) < 4.78 is 0. The SMILES string of the molecule is CCN1CCCC1CNC(=O)NC1CCCC1. The molecule has 17 heavy (non-hydrogen) atoms. The first-order chi connectivity index (χ1) is 8.29. The van der Waals surface area contributed by atoms with Gasteiger partial charge in [0, 0.05) is 18.6 Å². The molecule has 1 saturated heterocycles. The second-order valence-electron chi connectivity index (χ2n) is 5.26. The van der Waals surface area contributed by atoms with Gasteiger partial charge in [0.2, 0.25) is 0 Å². The quantitative estimate of drug-likeness (QED) is 0.784. The molecule has 0 aromatic heterocycles. The average molecular weight is 239 g/mol. The van der Waals surface area contributed by atoms with Crippen molar-refractivity contribution in [3.63, 3.8) is 0 Å². The fourth-order valence-corrected chi connectivity index (χ4v) is 3.06. The molecule has 4 heteroatoms. The van der Waals surface area contributed by atoms with E-state index < -0.39 is 0 Å². The zero-order chi connectivity index (χ0) is 12.1. The largest absolute Gasteiger partial charge is 0.337 e. The molecule has 98 valence electrons. The molecule has 1 saturated carbocycles. The zero-order valence-electron chi connectivity index (χ0n) is 10.9. The molecular weight excluding hydrogens is 214 g/mol. The van der Waals surface area contributed by atoms with Crippen LogP contribution >= 0.6 is 0 Å². The van der Waals surface area contributed by atoms with Crippen LogP contribution in [-0.2, 0) is 0 Å². The predicted octanol–water partition coefficient (Wildman–Crippen LogP) is 1.71. The summed E-state index contributed by atoms with van der Waals surface area (Å²) in [4.78, 5) is 14.2. The van der Waals surface area contributed by atoms with Crippen LogP contribution in [0.25, 0.3) is 0 Å². The molecule has 2 rings (SSSR count). The van der Waals surface area contributed by atoms with Gasteiger partial charge in [-0.2, -0.15) is 0 Å². The first-order valence-electron chi connectivity index (χ1n) is 7.08. The van der Waals surface area contributed by atoms with Gasteiger partial charge in [0.1, 0.15) is 0 Å². The number of hydrogen-bond acceptors (Lipinski definition) is 2. The van der Waals surface area contributed by atoms with E-state index in [1.165, 1.54) is 32.2 Å². The van der Waals surface area contributed by atoms with Crippen LogP contribution in [0.5, 0.6) is 0 Å². The monoisotopic (exact) mass is 239 g/mol. The molecule has 1 atom stereocenters. The van der Waals surface area contributed by atoms with Crippen LogP contribution in [-0.4, -0.2) is 42.6 Å². The maximum absolute atomic E-state index is 11.7. The summed E-state index contributed by atoms with van der Waals surface area (Å²) in [5, 5.41) is 6.09. The normalized spacial score (nSPS) is 26.3. The number of nitrogens with one attached hydrogen (secondary N) is 2. The Hall–Kier alpha value is -0.770. The molecule has 2 aliphatic rings. The molecular formula is C13H25N3O. The summed E-state index contributed by atoms with van der Waals surface area (Å²) in [6.07, 6.45) is 7.31. The molecule has 1 heterocycles. The summed E-state index contributed by atoms with van der Waals surface area (Å²) in [5.74, 6) is 0. The van der Waals surface area contributed by atoms with Crippen LogP contribution < -0.4 is 10.6 Å². The molecule has 1 unspecified atom stereocenters. The molecule has 2 N–H and O–H groups in total. The Labute approximate surface area is 104 Å². The highest BCUT2D eigenvalue weighted by Gasteiger charge is 2.23. The van der Waals surface area contributed by atoms with Crippen LogP contribution in [0.15, 0.2) is 0 Å². The van der Waals surface area contributed by atoms with Crippen molar-refractivity contribution in [1.82, 2.24) is 15.5 Å². The van der Waals surface area contributed by atoms with Gasteiger partial charge >= 0.3 is 6.03 Å². The van der Waals surface area contributed by atoms with E-state index in [-0.39, 0.29) is 6.03 Å². The molecule has 0 aromatic rings. The summed E-state index contributed by atoms with van der Waals surface area (Å²) in [6.45, 7) is 5.27. The third-order valence-corrected chi connectivity index (χ3v) is 4.09. The predicted molar refractivity (Wildman–Crippen MR) is 69.1 cm³/mol. The van der Waals surface area contributed by atoms with E-state index in [1.54, 1.807) is 0 Å². The van der Waals surface area contributed by atoms with Crippen molar-refractivity contribution >= 4 is 6.03 Å². The molecule has 0 radical (unpaired) electrons. The maximum atomic E-state index is 11.7. The fourth-order valence-electron chi connectivity index (χ4n) is 3.06. The Morgan fingerprint density at radius 2 is 2.00 bits per heavy atom. The summed E-state index contributed by atoms with van der Waals surface area (Å²) in [7, 11) is 0. The minimum Gasteiger partial charge on any atom is -0.337 e. The molecule has 0 aromatic carbocycles. The number of likely N-dealkylation sites (tertiary alicyclic amines) is 1. The molecule has 1 aliphatic carbocycles. The topological polar surface area (TPSA) is 44.4 Å². The lowest BCUT2D eigenvalue weighted by Gasteiger charge is -2.23. The minimum atomic E-state index is 0.0276. The zero-order valence-corrected chi connectivity index (χ0v) is 10.9. The molecule has 2 amide bonds. The van der Waals surface area contributed by atoms with E-state index in [0.29, 0.717) is 12.1 Å². The lowest BCUT2D eigenvalue weighted by molar-refractivity contribution is 0.226. The van der Waals surface area contributed by atoms with Crippen molar-refractivity contribution in [3.8, 4) is 0 Å². The Kier molecular flexibility index (Phi) is 4.66. The fraction of sp³-hybridized carbons (Fsp3) is 0.923. The van der Waals surface area contributed by atoms with Gasteiger partial charge in [0.15, 0.2) is 0 Å². The lowest BCUT2D eigenvalue weighted by atomic mass is 10.2. The van der Waals surface area contributed by atoms with Crippen LogP contribution in [0.2, 0.25) is 0 Å². The molecule has 2 fully saturated rings. The Morgan fingerprint density at radius 3 is 2.71 bits per heavy atom. The maximum Gasteiger partial charge on any atom is 0.315 e. The van der Waals surface area contributed by atoms with E-state index in [2.05, 4.69) is 22.5 Å². The number of carbonyl (C=O) groups is 1. The van der Waals surface area contributed by atoms with Crippen LogP contribution in [0, 0.1) is 0 Å². The van der Waals surface area contributed by atoms with Gasteiger partial charge in [-0.25, -0.2) is 4.79 Å². The second-order valence-corrected chi connectivity index (χ2v) is 5.26. The Balaban J connectivity index is 1.65. The van der Waals surface area contributed by atoms with E-state index in [9.17, 15) is 4.79 Å². The first kappa shape index (κ1) is 12.7. The number of carbonyl (C=O) groups excluding carboxylic acids is 1. The Bertz CT molecular complexity index is 251. The van der Waals surface area contributed by atoms with E-state index in [4.69, 9.17) is 0 Å². The molecule has 4 nitrogen and oxygen atoms in total. The van der Waals surface area contributed by atoms with Gasteiger partial charge in [-0.1, -0.05) is 19.8 Å². The highest BCUT2D eigenvalue weighted by molar-refractivity contribution is 5.74. The average Bonchev–Trinajstić information content (AvgIpc) is 2.96. The van der Waals surface area contributed by atoms with Gasteiger partial charge in [0.05, 0.1) is 0 Å². The van der Waals surface area contributed by atoms with Crippen molar-refractivity contribution in [2.45, 2.75) is 57.5 Å². The van der Waals surface area contributed by atoms with E-state index in [1.807, 2.05) is 0 Å². The van der Waals surface area contributed by atoms with Gasteiger partial charge in [-0.05, 0) is 38.8 Å². The molecule has 0 bridgehead atoms. The Morgan fingerprint density at radius 1 is 1.24 bits per heavy atom. The van der Waals surface area contributed by atoms with Gasteiger partial charge in [0.25, 0.3) is 0 Å². The number of amides is 2. The number of nitrogens with zero attached hydrogens (tertiary/aromatic N) is 1. The van der Waals surface area contributed by atoms with Crippen molar-refractivity contribution in [1.29, 1.82) is 0 Å². The van der Waals surface area contributed by atoms with E-state index in [0.717, 1.165) is 25.9 Å². The lowest BCUT2D eigenvalue weighted by Crippen LogP contribution is -2.46. The van der Waals surface area contributed by atoms with Gasteiger partial charge in [-0.15, -0.1) is 0 Å². The van der Waals surface area contributed by atoms with Crippen molar-refractivity contribution < 1.29 is 4.79 Å².